The molecular formula is C32H43N3O5. The zero-order valence-corrected chi connectivity index (χ0v) is 23.6. The second kappa shape index (κ2) is 16.3. The van der Waals surface area contributed by atoms with Crippen molar-refractivity contribution in [2.24, 2.45) is 5.73 Å². The molecule has 3 N–H and O–H groups in total. The van der Waals surface area contributed by atoms with Gasteiger partial charge in [0.1, 0.15) is 6.61 Å². The fraction of sp³-hybridized carbons (Fsp3) is 0.469. The lowest BCUT2D eigenvalue weighted by Gasteiger charge is -2.23. The Morgan fingerprint density at radius 1 is 0.900 bits per heavy atom. The molecule has 0 amide bonds. The van der Waals surface area contributed by atoms with Crippen molar-refractivity contribution in [1.29, 1.82) is 0 Å². The minimum absolute atomic E-state index is 0.232. The van der Waals surface area contributed by atoms with Gasteiger partial charge in [-0.05, 0) is 47.4 Å². The van der Waals surface area contributed by atoms with Crippen molar-refractivity contribution in [2.45, 2.75) is 31.8 Å². The van der Waals surface area contributed by atoms with Crippen LogP contribution in [0, 0.1) is 0 Å². The molecule has 0 aliphatic carbocycles. The van der Waals surface area contributed by atoms with Gasteiger partial charge in [0.05, 0.1) is 46.1 Å². The number of fused-ring (bicyclic) bond motifs is 1. The summed E-state index contributed by atoms with van der Waals surface area (Å²) in [6.07, 6.45) is 1.35. The van der Waals surface area contributed by atoms with Crippen LogP contribution in [0.2, 0.25) is 0 Å². The summed E-state index contributed by atoms with van der Waals surface area (Å²) in [6, 6.07) is 24.0. The van der Waals surface area contributed by atoms with Crippen LogP contribution in [0.15, 0.2) is 66.7 Å². The van der Waals surface area contributed by atoms with Gasteiger partial charge in [-0.3, -0.25) is 4.79 Å². The van der Waals surface area contributed by atoms with Crippen LogP contribution in [0.4, 0.5) is 5.69 Å². The number of nitrogens with one attached hydrogen (secondary N) is 1. The highest BCUT2D eigenvalue weighted by molar-refractivity contribution is 5.86. The molecule has 0 unspecified atom stereocenters. The summed E-state index contributed by atoms with van der Waals surface area (Å²) in [5, 5.41) is 6.43. The lowest BCUT2D eigenvalue weighted by Crippen LogP contribution is -2.34. The van der Waals surface area contributed by atoms with E-state index in [-0.39, 0.29) is 25.0 Å². The van der Waals surface area contributed by atoms with Crippen molar-refractivity contribution >= 4 is 22.4 Å². The van der Waals surface area contributed by atoms with E-state index in [1.165, 1.54) is 22.0 Å². The Labute approximate surface area is 237 Å². The maximum absolute atomic E-state index is 12.2. The summed E-state index contributed by atoms with van der Waals surface area (Å²) < 4.78 is 21.4. The summed E-state index contributed by atoms with van der Waals surface area (Å²) in [7, 11) is 0. The summed E-state index contributed by atoms with van der Waals surface area (Å²) in [6.45, 7) is 7.82. The second-order valence-electron chi connectivity index (χ2n) is 10.1. The van der Waals surface area contributed by atoms with Gasteiger partial charge in [-0.25, -0.2) is 0 Å². The summed E-state index contributed by atoms with van der Waals surface area (Å²) in [4.78, 5) is 14.6. The molecule has 2 atom stereocenters. The number of esters is 1. The summed E-state index contributed by atoms with van der Waals surface area (Å²) in [5.41, 5.74) is 8.81. The number of carbonyl (C=O) groups excluding carboxylic acids is 1. The SMILES string of the molecule is C[C@@H](N[C@H]1CCN(c2ccc(CC(=O)OCCOCCOCCOCCN)cc2)C1)c1cccc2ccccc12. The Morgan fingerprint density at radius 3 is 2.33 bits per heavy atom. The molecule has 0 aromatic heterocycles. The number of benzene rings is 3. The predicted octanol–water partition coefficient (Wildman–Crippen LogP) is 3.86. The van der Waals surface area contributed by atoms with E-state index in [2.05, 4.69) is 71.7 Å². The molecule has 8 heteroatoms. The zero-order valence-electron chi connectivity index (χ0n) is 23.6. The number of nitrogens with zero attached hydrogens (tertiary/aromatic N) is 1. The van der Waals surface area contributed by atoms with Gasteiger partial charge in [-0.1, -0.05) is 54.6 Å². The lowest BCUT2D eigenvalue weighted by atomic mass is 9.99. The highest BCUT2D eigenvalue weighted by atomic mass is 16.6. The van der Waals surface area contributed by atoms with Crippen molar-refractivity contribution in [2.75, 3.05) is 70.8 Å². The van der Waals surface area contributed by atoms with Gasteiger partial charge in [0, 0.05) is 37.4 Å². The number of rotatable bonds is 17. The second-order valence-corrected chi connectivity index (χ2v) is 10.1. The van der Waals surface area contributed by atoms with E-state index in [4.69, 9.17) is 24.7 Å². The number of nitrogens with two attached hydrogens (primary N) is 1. The normalized spacial score (nSPS) is 15.9. The van der Waals surface area contributed by atoms with Crippen LogP contribution in [0.1, 0.15) is 30.5 Å². The van der Waals surface area contributed by atoms with E-state index in [9.17, 15) is 4.79 Å². The van der Waals surface area contributed by atoms with Gasteiger partial charge in [0.25, 0.3) is 0 Å². The molecule has 40 heavy (non-hydrogen) atoms. The van der Waals surface area contributed by atoms with Crippen LogP contribution in [0.3, 0.4) is 0 Å². The van der Waals surface area contributed by atoms with Crippen molar-refractivity contribution < 1.29 is 23.7 Å². The van der Waals surface area contributed by atoms with Gasteiger partial charge in [0.2, 0.25) is 0 Å². The largest absolute Gasteiger partial charge is 0.463 e. The maximum Gasteiger partial charge on any atom is 0.310 e. The first-order valence-electron chi connectivity index (χ1n) is 14.3. The number of ether oxygens (including phenoxy) is 4. The third-order valence-electron chi connectivity index (χ3n) is 7.11. The van der Waals surface area contributed by atoms with E-state index >= 15 is 0 Å². The fourth-order valence-electron chi connectivity index (χ4n) is 5.08. The number of anilines is 1. The van der Waals surface area contributed by atoms with E-state index in [1.807, 2.05) is 12.1 Å². The fourth-order valence-corrected chi connectivity index (χ4v) is 5.08. The zero-order chi connectivity index (χ0) is 28.0. The first-order valence-corrected chi connectivity index (χ1v) is 14.3. The average molecular weight is 550 g/mol. The van der Waals surface area contributed by atoms with Crippen molar-refractivity contribution in [3.05, 3.63) is 77.9 Å². The van der Waals surface area contributed by atoms with E-state index in [1.54, 1.807) is 0 Å². The average Bonchev–Trinajstić information content (AvgIpc) is 3.44. The third kappa shape index (κ3) is 9.28. The summed E-state index contributed by atoms with van der Waals surface area (Å²) >= 11 is 0. The molecule has 1 fully saturated rings. The standard InChI is InChI=1S/C32H43N3O5/c1-25(30-8-4-6-27-5-2-3-7-31(27)30)34-28-13-15-35(24-28)29-11-9-26(10-12-29)23-32(36)40-22-21-39-20-19-38-18-17-37-16-14-33/h2-12,25,28,34H,13-24,33H2,1H3/t25-,28+/m1/s1. The Hall–Kier alpha value is -3.01. The van der Waals surface area contributed by atoms with Crippen molar-refractivity contribution in [3.8, 4) is 0 Å². The molecular weight excluding hydrogens is 506 g/mol. The highest BCUT2D eigenvalue weighted by Gasteiger charge is 2.24. The molecule has 3 aromatic rings. The maximum atomic E-state index is 12.2. The Kier molecular flexibility index (Phi) is 12.2. The van der Waals surface area contributed by atoms with E-state index in [0.29, 0.717) is 52.2 Å². The first kappa shape index (κ1) is 30.0. The third-order valence-corrected chi connectivity index (χ3v) is 7.11. The molecule has 8 nitrogen and oxygen atoms in total. The highest BCUT2D eigenvalue weighted by Crippen LogP contribution is 2.27. The van der Waals surface area contributed by atoms with Gasteiger partial charge >= 0.3 is 5.97 Å². The minimum atomic E-state index is -0.252. The molecule has 1 heterocycles. The molecule has 3 aromatic carbocycles. The van der Waals surface area contributed by atoms with Crippen LogP contribution in [-0.4, -0.2) is 77.9 Å². The Bertz CT molecular complexity index is 1170. The number of carbonyl (C=O) groups is 1. The summed E-state index contributed by atoms with van der Waals surface area (Å²) in [5.74, 6) is -0.252. The number of hydrogen-bond acceptors (Lipinski definition) is 8. The quantitative estimate of drug-likeness (QED) is 0.194. The predicted molar refractivity (Wildman–Crippen MR) is 159 cm³/mol. The van der Waals surface area contributed by atoms with Crippen LogP contribution >= 0.6 is 0 Å². The van der Waals surface area contributed by atoms with Gasteiger partial charge in [-0.2, -0.15) is 0 Å². The van der Waals surface area contributed by atoms with Crippen molar-refractivity contribution in [1.82, 2.24) is 5.32 Å². The van der Waals surface area contributed by atoms with Crippen LogP contribution in [-0.2, 0) is 30.2 Å². The smallest absolute Gasteiger partial charge is 0.310 e. The molecule has 0 saturated carbocycles. The first-order chi connectivity index (χ1) is 19.6. The van der Waals surface area contributed by atoms with Crippen molar-refractivity contribution in [3.63, 3.8) is 0 Å². The van der Waals surface area contributed by atoms with Gasteiger partial charge < -0.3 is 34.9 Å². The van der Waals surface area contributed by atoms with Gasteiger partial charge in [0.15, 0.2) is 0 Å². The molecule has 1 aliphatic rings. The van der Waals surface area contributed by atoms with E-state index in [0.717, 1.165) is 25.1 Å². The monoisotopic (exact) mass is 549 g/mol. The molecule has 4 rings (SSSR count). The lowest BCUT2D eigenvalue weighted by molar-refractivity contribution is -0.144. The Balaban J connectivity index is 1.12. The molecule has 0 spiro atoms. The molecule has 0 radical (unpaired) electrons. The molecule has 216 valence electrons. The molecule has 0 bridgehead atoms. The molecule has 1 saturated heterocycles. The van der Waals surface area contributed by atoms with E-state index < -0.39 is 0 Å². The number of hydrogen-bond donors (Lipinski definition) is 2. The van der Waals surface area contributed by atoms with Crippen LogP contribution in [0.25, 0.3) is 10.8 Å². The minimum Gasteiger partial charge on any atom is -0.463 e. The topological polar surface area (TPSA) is 95.3 Å². The van der Waals surface area contributed by atoms with Gasteiger partial charge in [-0.15, -0.1) is 0 Å². The molecule has 1 aliphatic heterocycles. The Morgan fingerprint density at radius 2 is 1.57 bits per heavy atom. The van der Waals surface area contributed by atoms with Crippen LogP contribution < -0.4 is 16.0 Å². The van der Waals surface area contributed by atoms with Crippen LogP contribution in [0.5, 0.6) is 0 Å².